The molecule has 2 atom stereocenters. The molecule has 1 amide bonds. The highest BCUT2D eigenvalue weighted by molar-refractivity contribution is 8.00. The van der Waals surface area contributed by atoms with Gasteiger partial charge in [0.1, 0.15) is 0 Å². The number of ether oxygens (including phenoxy) is 1. The minimum atomic E-state index is -0.373. The molecule has 5 rings (SSSR count). The molecule has 0 bridgehead atoms. The first kappa shape index (κ1) is 24.0. The molecule has 184 valence electrons. The fourth-order valence-corrected chi connectivity index (χ4v) is 6.00. The van der Waals surface area contributed by atoms with Crippen LogP contribution in [0.3, 0.4) is 0 Å². The second kappa shape index (κ2) is 10.5. The number of fused-ring (bicyclic) bond motifs is 2. The molecule has 0 radical (unpaired) electrons. The summed E-state index contributed by atoms with van der Waals surface area (Å²) >= 11 is 1.38. The Balaban J connectivity index is 1.39. The summed E-state index contributed by atoms with van der Waals surface area (Å²) in [6, 6.07) is 15.7. The zero-order valence-corrected chi connectivity index (χ0v) is 21.2. The number of nitrogens with zero attached hydrogens (tertiary/aromatic N) is 4. The maximum Gasteiger partial charge on any atom is 0.262 e. The van der Waals surface area contributed by atoms with Crippen molar-refractivity contribution in [1.29, 1.82) is 0 Å². The summed E-state index contributed by atoms with van der Waals surface area (Å²) in [7, 11) is 0. The SMILES string of the molecule is C[C@@H]1Cc2ccccc2N1C(=O)[C@@H](C)Sc1nc2ccccc2c(=O)n1CCCN1CCOCC1. The Hall–Kier alpha value is -2.68. The van der Waals surface area contributed by atoms with Crippen LogP contribution in [0.2, 0.25) is 0 Å². The van der Waals surface area contributed by atoms with Crippen LogP contribution in [0.4, 0.5) is 5.69 Å². The van der Waals surface area contributed by atoms with E-state index in [0.717, 1.165) is 51.4 Å². The molecule has 0 aliphatic carbocycles. The topological polar surface area (TPSA) is 67.7 Å². The predicted octanol–water partition coefficient (Wildman–Crippen LogP) is 3.58. The Labute approximate surface area is 210 Å². The molecule has 0 N–H and O–H groups in total. The first-order valence-corrected chi connectivity index (χ1v) is 13.3. The van der Waals surface area contributed by atoms with E-state index in [0.29, 0.717) is 22.6 Å². The van der Waals surface area contributed by atoms with Crippen LogP contribution in [-0.2, 0) is 22.5 Å². The fourth-order valence-electron chi connectivity index (χ4n) is 5.02. The third-order valence-electron chi connectivity index (χ3n) is 6.86. The van der Waals surface area contributed by atoms with E-state index in [-0.39, 0.29) is 22.8 Å². The second-order valence-electron chi connectivity index (χ2n) is 9.33. The molecule has 2 aromatic carbocycles. The highest BCUT2D eigenvalue weighted by atomic mass is 32.2. The lowest BCUT2D eigenvalue weighted by molar-refractivity contribution is -0.118. The van der Waals surface area contributed by atoms with Crippen LogP contribution >= 0.6 is 11.8 Å². The van der Waals surface area contributed by atoms with Crippen molar-refractivity contribution in [2.24, 2.45) is 0 Å². The van der Waals surface area contributed by atoms with Crippen LogP contribution in [0, 0.1) is 0 Å². The molecule has 0 saturated carbocycles. The van der Waals surface area contributed by atoms with E-state index in [1.807, 2.05) is 54.3 Å². The number of thioether (sulfide) groups is 1. The van der Waals surface area contributed by atoms with Gasteiger partial charge in [0.25, 0.3) is 5.56 Å². The van der Waals surface area contributed by atoms with Gasteiger partial charge in [0.15, 0.2) is 5.16 Å². The summed E-state index contributed by atoms with van der Waals surface area (Å²) in [5, 5.41) is 0.850. The molecule has 2 aliphatic heterocycles. The zero-order valence-electron chi connectivity index (χ0n) is 20.4. The van der Waals surface area contributed by atoms with Gasteiger partial charge in [-0.2, -0.15) is 0 Å². The average molecular weight is 493 g/mol. The first-order valence-electron chi connectivity index (χ1n) is 12.4. The first-order chi connectivity index (χ1) is 17.0. The van der Waals surface area contributed by atoms with Crippen LogP contribution in [0.1, 0.15) is 25.8 Å². The van der Waals surface area contributed by atoms with Gasteiger partial charge in [0.05, 0.1) is 29.4 Å². The zero-order chi connectivity index (χ0) is 24.4. The van der Waals surface area contributed by atoms with E-state index >= 15 is 0 Å². The number of hydrogen-bond acceptors (Lipinski definition) is 6. The summed E-state index contributed by atoms with van der Waals surface area (Å²) in [4.78, 5) is 36.1. The number of carbonyl (C=O) groups is 1. The normalized spacial score (nSPS) is 19.1. The van der Waals surface area contributed by atoms with Gasteiger partial charge in [-0.05, 0) is 50.5 Å². The minimum Gasteiger partial charge on any atom is -0.379 e. The van der Waals surface area contributed by atoms with E-state index < -0.39 is 0 Å². The smallest absolute Gasteiger partial charge is 0.262 e. The molecule has 7 nitrogen and oxygen atoms in total. The van der Waals surface area contributed by atoms with E-state index in [9.17, 15) is 9.59 Å². The highest BCUT2D eigenvalue weighted by Crippen LogP contribution is 2.34. The number of para-hydroxylation sites is 2. The molecule has 8 heteroatoms. The molecule has 3 aromatic rings. The maximum atomic E-state index is 13.6. The molecule has 1 aromatic heterocycles. The van der Waals surface area contributed by atoms with Gasteiger partial charge in [-0.25, -0.2) is 4.98 Å². The van der Waals surface area contributed by atoms with Crippen LogP contribution < -0.4 is 10.5 Å². The highest BCUT2D eigenvalue weighted by Gasteiger charge is 2.34. The summed E-state index contributed by atoms with van der Waals surface area (Å²) in [6.45, 7) is 8.85. The lowest BCUT2D eigenvalue weighted by Crippen LogP contribution is -2.40. The second-order valence-corrected chi connectivity index (χ2v) is 10.6. The van der Waals surface area contributed by atoms with Crippen molar-refractivity contribution < 1.29 is 9.53 Å². The third-order valence-corrected chi connectivity index (χ3v) is 7.94. The molecular formula is C27H32N4O3S. The van der Waals surface area contributed by atoms with Crippen LogP contribution in [0.25, 0.3) is 10.9 Å². The Morgan fingerprint density at radius 1 is 1.11 bits per heavy atom. The van der Waals surface area contributed by atoms with Crippen molar-refractivity contribution in [2.45, 2.75) is 49.7 Å². The van der Waals surface area contributed by atoms with Crippen molar-refractivity contribution in [1.82, 2.24) is 14.5 Å². The van der Waals surface area contributed by atoms with E-state index in [1.54, 1.807) is 4.57 Å². The summed E-state index contributed by atoms with van der Waals surface area (Å²) < 4.78 is 7.20. The number of anilines is 1. The lowest BCUT2D eigenvalue weighted by atomic mass is 10.1. The van der Waals surface area contributed by atoms with Gasteiger partial charge >= 0.3 is 0 Å². The van der Waals surface area contributed by atoms with Crippen molar-refractivity contribution >= 4 is 34.3 Å². The quantitative estimate of drug-likeness (QED) is 0.371. The van der Waals surface area contributed by atoms with E-state index in [2.05, 4.69) is 17.9 Å². The van der Waals surface area contributed by atoms with Crippen molar-refractivity contribution in [2.75, 3.05) is 37.7 Å². The maximum absolute atomic E-state index is 13.6. The van der Waals surface area contributed by atoms with Gasteiger partial charge in [0.2, 0.25) is 5.91 Å². The summed E-state index contributed by atoms with van der Waals surface area (Å²) in [5.41, 5.74) is 2.82. The summed E-state index contributed by atoms with van der Waals surface area (Å²) in [5.74, 6) is 0.0507. The Morgan fingerprint density at radius 3 is 2.69 bits per heavy atom. The van der Waals surface area contributed by atoms with Crippen LogP contribution in [0.15, 0.2) is 58.5 Å². The number of rotatable bonds is 7. The van der Waals surface area contributed by atoms with Crippen molar-refractivity contribution in [3.8, 4) is 0 Å². The molecule has 1 fully saturated rings. The minimum absolute atomic E-state index is 0.0420. The van der Waals surface area contributed by atoms with E-state index in [4.69, 9.17) is 9.72 Å². The number of benzene rings is 2. The molecule has 0 spiro atoms. The third kappa shape index (κ3) is 5.01. The van der Waals surface area contributed by atoms with Gasteiger partial charge < -0.3 is 9.64 Å². The number of aromatic nitrogens is 2. The largest absolute Gasteiger partial charge is 0.379 e. The van der Waals surface area contributed by atoms with Crippen LogP contribution in [0.5, 0.6) is 0 Å². The van der Waals surface area contributed by atoms with Crippen molar-refractivity contribution in [3.05, 3.63) is 64.4 Å². The summed E-state index contributed by atoms with van der Waals surface area (Å²) in [6.07, 6.45) is 1.70. The average Bonchev–Trinajstić information content (AvgIpc) is 3.21. The van der Waals surface area contributed by atoms with Crippen LogP contribution in [-0.4, -0.2) is 64.5 Å². The van der Waals surface area contributed by atoms with Gasteiger partial charge in [-0.15, -0.1) is 0 Å². The van der Waals surface area contributed by atoms with Gasteiger partial charge in [-0.1, -0.05) is 42.1 Å². The Kier molecular flexibility index (Phi) is 7.22. The lowest BCUT2D eigenvalue weighted by Gasteiger charge is -2.27. The van der Waals surface area contributed by atoms with Gasteiger partial charge in [-0.3, -0.25) is 19.1 Å². The fraction of sp³-hybridized carbons (Fsp3) is 0.444. The predicted molar refractivity (Wildman–Crippen MR) is 140 cm³/mol. The number of hydrogen-bond donors (Lipinski definition) is 0. The molecule has 1 saturated heterocycles. The molecule has 3 heterocycles. The monoisotopic (exact) mass is 492 g/mol. The van der Waals surface area contributed by atoms with Crippen molar-refractivity contribution in [3.63, 3.8) is 0 Å². The Morgan fingerprint density at radius 2 is 1.86 bits per heavy atom. The number of carbonyl (C=O) groups excluding carboxylic acids is 1. The molecule has 2 aliphatic rings. The number of amides is 1. The molecular weight excluding hydrogens is 460 g/mol. The van der Waals surface area contributed by atoms with Gasteiger partial charge in [0, 0.05) is 37.9 Å². The number of morpholine rings is 1. The Bertz CT molecular complexity index is 1270. The molecule has 0 unspecified atom stereocenters. The molecule has 35 heavy (non-hydrogen) atoms. The van der Waals surface area contributed by atoms with E-state index in [1.165, 1.54) is 17.3 Å². The standard InChI is InChI=1S/C27H32N4O3S/c1-19-18-21-8-3-6-11-24(21)31(19)25(32)20(2)35-27-28-23-10-5-4-9-22(23)26(33)30(27)13-7-12-29-14-16-34-17-15-29/h3-6,8-11,19-20H,7,12-18H2,1-2H3/t19-,20-/m1/s1.